The second-order valence-corrected chi connectivity index (χ2v) is 7.04. The van der Waals surface area contributed by atoms with Gasteiger partial charge in [0, 0.05) is 17.8 Å². The normalized spacial score (nSPS) is 17.4. The molecular formula is C17H26N2S. The number of nitrogens with one attached hydrogen (secondary N) is 1. The summed E-state index contributed by atoms with van der Waals surface area (Å²) in [6, 6.07) is 8.14. The van der Waals surface area contributed by atoms with E-state index >= 15 is 0 Å². The van der Waals surface area contributed by atoms with Crippen molar-refractivity contribution in [2.24, 2.45) is 17.1 Å². The van der Waals surface area contributed by atoms with Gasteiger partial charge in [-0.05, 0) is 54.9 Å². The molecule has 0 aromatic heterocycles. The van der Waals surface area contributed by atoms with E-state index in [4.69, 9.17) is 18.0 Å². The fourth-order valence-electron chi connectivity index (χ4n) is 3.49. The number of hydrogen-bond acceptors (Lipinski definition) is 2. The molecule has 1 aliphatic carbocycles. The Balaban J connectivity index is 1.97. The lowest BCUT2D eigenvalue weighted by Gasteiger charge is -2.31. The predicted octanol–water partition coefficient (Wildman–Crippen LogP) is 4.34. The van der Waals surface area contributed by atoms with Crippen LogP contribution in [0.1, 0.15) is 51.5 Å². The maximum absolute atomic E-state index is 5.62. The lowest BCUT2D eigenvalue weighted by Crippen LogP contribution is -2.28. The Hall–Kier alpha value is -1.09. The van der Waals surface area contributed by atoms with Crippen LogP contribution in [0.4, 0.5) is 5.69 Å². The summed E-state index contributed by atoms with van der Waals surface area (Å²) in [4.78, 5) is 0.462. The third-order valence-electron chi connectivity index (χ3n) is 4.34. The zero-order chi connectivity index (χ0) is 14.6. The summed E-state index contributed by atoms with van der Waals surface area (Å²) in [5, 5.41) is 3.61. The van der Waals surface area contributed by atoms with E-state index in [0.717, 1.165) is 18.0 Å². The molecule has 1 aromatic rings. The molecule has 1 aromatic carbocycles. The fourth-order valence-corrected chi connectivity index (χ4v) is 3.62. The number of anilines is 1. The van der Waals surface area contributed by atoms with Gasteiger partial charge in [-0.25, -0.2) is 0 Å². The van der Waals surface area contributed by atoms with Crippen molar-refractivity contribution in [2.45, 2.75) is 46.0 Å². The highest BCUT2D eigenvalue weighted by molar-refractivity contribution is 7.80. The molecule has 2 rings (SSSR count). The fraction of sp³-hybridized carbons (Fsp3) is 0.588. The highest BCUT2D eigenvalue weighted by Gasteiger charge is 2.34. The third-order valence-corrected chi connectivity index (χ3v) is 4.58. The van der Waals surface area contributed by atoms with Crippen LogP contribution in [0.15, 0.2) is 24.3 Å². The number of rotatable bonds is 6. The molecule has 0 atom stereocenters. The van der Waals surface area contributed by atoms with Gasteiger partial charge in [0.1, 0.15) is 4.99 Å². The van der Waals surface area contributed by atoms with E-state index in [0.29, 0.717) is 10.4 Å². The zero-order valence-electron chi connectivity index (χ0n) is 12.6. The Morgan fingerprint density at radius 1 is 1.25 bits per heavy atom. The van der Waals surface area contributed by atoms with Gasteiger partial charge in [-0.1, -0.05) is 38.9 Å². The van der Waals surface area contributed by atoms with Crippen molar-refractivity contribution in [3.63, 3.8) is 0 Å². The van der Waals surface area contributed by atoms with Gasteiger partial charge in [0.2, 0.25) is 0 Å². The third kappa shape index (κ3) is 3.95. The Bertz CT molecular complexity index is 445. The van der Waals surface area contributed by atoms with E-state index < -0.39 is 0 Å². The summed E-state index contributed by atoms with van der Waals surface area (Å²) in [6.07, 6.45) is 6.82. The molecule has 110 valence electrons. The molecule has 0 heterocycles. The molecule has 3 heteroatoms. The first-order chi connectivity index (χ1) is 9.51. The quantitative estimate of drug-likeness (QED) is 0.765. The summed E-state index contributed by atoms with van der Waals surface area (Å²) < 4.78 is 0. The number of thiocarbonyl (C=S) groups is 1. The molecule has 1 fully saturated rings. The van der Waals surface area contributed by atoms with E-state index in [9.17, 15) is 0 Å². The highest BCUT2D eigenvalue weighted by Crippen LogP contribution is 2.43. The van der Waals surface area contributed by atoms with Gasteiger partial charge < -0.3 is 11.1 Å². The summed E-state index contributed by atoms with van der Waals surface area (Å²) in [5.41, 5.74) is 8.22. The SMILES string of the molecule is CC(C)CC1(CNc2ccc(C(N)=S)cc2)CCCC1. The van der Waals surface area contributed by atoms with Crippen LogP contribution in [0.2, 0.25) is 0 Å². The number of nitrogens with two attached hydrogens (primary N) is 1. The molecule has 0 bridgehead atoms. The maximum atomic E-state index is 5.62. The minimum Gasteiger partial charge on any atom is -0.389 e. The van der Waals surface area contributed by atoms with Gasteiger partial charge >= 0.3 is 0 Å². The van der Waals surface area contributed by atoms with E-state index in [1.165, 1.54) is 37.8 Å². The Kier molecular flexibility index (Phi) is 5.03. The zero-order valence-corrected chi connectivity index (χ0v) is 13.4. The minimum absolute atomic E-state index is 0.462. The molecule has 0 aliphatic heterocycles. The molecule has 0 saturated heterocycles. The van der Waals surface area contributed by atoms with Crippen molar-refractivity contribution in [3.05, 3.63) is 29.8 Å². The van der Waals surface area contributed by atoms with Crippen molar-refractivity contribution in [2.75, 3.05) is 11.9 Å². The van der Waals surface area contributed by atoms with Crippen LogP contribution in [0.3, 0.4) is 0 Å². The Morgan fingerprint density at radius 3 is 2.35 bits per heavy atom. The molecule has 20 heavy (non-hydrogen) atoms. The lowest BCUT2D eigenvalue weighted by molar-refractivity contribution is 0.252. The van der Waals surface area contributed by atoms with E-state index in [1.54, 1.807) is 0 Å². The molecule has 1 aliphatic rings. The van der Waals surface area contributed by atoms with Crippen LogP contribution in [-0.4, -0.2) is 11.5 Å². The van der Waals surface area contributed by atoms with E-state index in [2.05, 4.69) is 31.3 Å². The van der Waals surface area contributed by atoms with Gasteiger partial charge in [-0.15, -0.1) is 0 Å². The summed E-state index contributed by atoms with van der Waals surface area (Å²) in [5.74, 6) is 0.770. The number of hydrogen-bond donors (Lipinski definition) is 2. The molecular weight excluding hydrogens is 264 g/mol. The van der Waals surface area contributed by atoms with Crippen LogP contribution in [0, 0.1) is 11.3 Å². The van der Waals surface area contributed by atoms with Crippen LogP contribution < -0.4 is 11.1 Å². The van der Waals surface area contributed by atoms with Crippen molar-refractivity contribution < 1.29 is 0 Å². The van der Waals surface area contributed by atoms with Crippen LogP contribution in [-0.2, 0) is 0 Å². The summed E-state index contributed by atoms with van der Waals surface area (Å²) in [6.45, 7) is 5.74. The van der Waals surface area contributed by atoms with Gasteiger partial charge in [-0.2, -0.15) is 0 Å². The molecule has 2 nitrogen and oxygen atoms in total. The lowest BCUT2D eigenvalue weighted by atomic mass is 9.78. The van der Waals surface area contributed by atoms with Gasteiger partial charge in [0.25, 0.3) is 0 Å². The van der Waals surface area contributed by atoms with Crippen molar-refractivity contribution in [1.82, 2.24) is 0 Å². The van der Waals surface area contributed by atoms with Crippen molar-refractivity contribution in [3.8, 4) is 0 Å². The molecule has 1 saturated carbocycles. The first-order valence-electron chi connectivity index (χ1n) is 7.64. The molecule has 0 amide bonds. The molecule has 3 N–H and O–H groups in total. The maximum Gasteiger partial charge on any atom is 0.103 e. The average molecular weight is 290 g/mol. The minimum atomic E-state index is 0.462. The average Bonchev–Trinajstić information content (AvgIpc) is 2.85. The predicted molar refractivity (Wildman–Crippen MR) is 91.2 cm³/mol. The smallest absolute Gasteiger partial charge is 0.103 e. The molecule has 0 radical (unpaired) electrons. The number of benzene rings is 1. The summed E-state index contributed by atoms with van der Waals surface area (Å²) in [7, 11) is 0. The second kappa shape index (κ2) is 6.57. The Morgan fingerprint density at radius 2 is 1.85 bits per heavy atom. The van der Waals surface area contributed by atoms with E-state index in [1.807, 2.05) is 12.1 Å². The monoisotopic (exact) mass is 290 g/mol. The topological polar surface area (TPSA) is 38.0 Å². The summed E-state index contributed by atoms with van der Waals surface area (Å²) >= 11 is 4.98. The Labute approximate surface area is 128 Å². The largest absolute Gasteiger partial charge is 0.389 e. The first kappa shape index (κ1) is 15.3. The van der Waals surface area contributed by atoms with Crippen molar-refractivity contribution >= 4 is 22.9 Å². The van der Waals surface area contributed by atoms with Crippen LogP contribution in [0.5, 0.6) is 0 Å². The molecule has 0 spiro atoms. The first-order valence-corrected chi connectivity index (χ1v) is 8.05. The highest BCUT2D eigenvalue weighted by atomic mass is 32.1. The second-order valence-electron chi connectivity index (χ2n) is 6.60. The van der Waals surface area contributed by atoms with Gasteiger partial charge in [0.15, 0.2) is 0 Å². The van der Waals surface area contributed by atoms with Gasteiger partial charge in [-0.3, -0.25) is 0 Å². The van der Waals surface area contributed by atoms with Crippen molar-refractivity contribution in [1.29, 1.82) is 0 Å². The molecule has 0 unspecified atom stereocenters. The van der Waals surface area contributed by atoms with Gasteiger partial charge in [0.05, 0.1) is 0 Å². The van der Waals surface area contributed by atoms with Crippen LogP contribution >= 0.6 is 12.2 Å². The van der Waals surface area contributed by atoms with E-state index in [-0.39, 0.29) is 0 Å². The van der Waals surface area contributed by atoms with Crippen LogP contribution in [0.25, 0.3) is 0 Å². The standard InChI is InChI=1S/C17H26N2S/c1-13(2)11-17(9-3-4-10-17)12-19-15-7-5-14(6-8-15)16(18)20/h5-8,13,19H,3-4,9-12H2,1-2H3,(H2,18,20).